The predicted octanol–water partition coefficient (Wildman–Crippen LogP) is 2.47. The monoisotopic (exact) mass is 276 g/mol. The zero-order valence-electron chi connectivity index (χ0n) is 10.6. The molecule has 0 bridgehead atoms. The number of nitrogens with two attached hydrogens (primary N) is 1. The van der Waals surface area contributed by atoms with E-state index in [9.17, 15) is 13.6 Å². The summed E-state index contributed by atoms with van der Waals surface area (Å²) < 4.78 is 26.0. The maximum Gasteiger partial charge on any atom is 0.241 e. The highest BCUT2D eigenvalue weighted by atomic mass is 19.1. The Bertz CT molecular complexity index is 582. The molecule has 1 amide bonds. The molecule has 1 unspecified atom stereocenters. The summed E-state index contributed by atoms with van der Waals surface area (Å²) in [6.45, 7) is 0. The molecule has 0 aliphatic carbocycles. The lowest BCUT2D eigenvalue weighted by Crippen LogP contribution is -2.37. The highest BCUT2D eigenvalue weighted by Crippen LogP contribution is 2.13. The number of halogens is 2. The third kappa shape index (κ3) is 3.86. The van der Waals surface area contributed by atoms with Gasteiger partial charge in [0.25, 0.3) is 0 Å². The van der Waals surface area contributed by atoms with Gasteiger partial charge in [0.15, 0.2) is 0 Å². The zero-order valence-corrected chi connectivity index (χ0v) is 10.6. The Morgan fingerprint density at radius 2 is 1.70 bits per heavy atom. The van der Waals surface area contributed by atoms with E-state index in [1.807, 2.05) is 30.3 Å². The molecule has 2 aromatic rings. The summed E-state index contributed by atoms with van der Waals surface area (Å²) in [6.07, 6.45) is 0.352. The fourth-order valence-corrected chi connectivity index (χ4v) is 1.82. The molecule has 104 valence electrons. The van der Waals surface area contributed by atoms with E-state index in [0.29, 0.717) is 6.42 Å². The topological polar surface area (TPSA) is 55.1 Å². The van der Waals surface area contributed by atoms with Crippen molar-refractivity contribution in [3.63, 3.8) is 0 Å². The van der Waals surface area contributed by atoms with Crippen LogP contribution in [0.4, 0.5) is 14.5 Å². The van der Waals surface area contributed by atoms with E-state index in [-0.39, 0.29) is 5.69 Å². The average molecular weight is 276 g/mol. The van der Waals surface area contributed by atoms with Crippen LogP contribution in [0.15, 0.2) is 48.5 Å². The summed E-state index contributed by atoms with van der Waals surface area (Å²) in [6, 6.07) is 11.3. The van der Waals surface area contributed by atoms with Crippen LogP contribution in [-0.4, -0.2) is 11.9 Å². The molecule has 3 nitrogen and oxygen atoms in total. The first-order chi connectivity index (χ1) is 9.54. The van der Waals surface area contributed by atoms with Crippen molar-refractivity contribution in [1.82, 2.24) is 0 Å². The molecule has 20 heavy (non-hydrogen) atoms. The van der Waals surface area contributed by atoms with Crippen LogP contribution in [0.3, 0.4) is 0 Å². The van der Waals surface area contributed by atoms with Crippen molar-refractivity contribution in [2.45, 2.75) is 12.5 Å². The van der Waals surface area contributed by atoms with Crippen molar-refractivity contribution in [2.24, 2.45) is 5.73 Å². The van der Waals surface area contributed by atoms with Gasteiger partial charge in [-0.25, -0.2) is 8.78 Å². The largest absolute Gasteiger partial charge is 0.325 e. The number of benzene rings is 2. The molecule has 3 N–H and O–H groups in total. The Hall–Kier alpha value is -2.27. The Balaban J connectivity index is 2.00. The summed E-state index contributed by atoms with van der Waals surface area (Å²) in [5.41, 5.74) is 6.74. The molecule has 2 aromatic carbocycles. The van der Waals surface area contributed by atoms with Crippen LogP contribution in [-0.2, 0) is 11.2 Å². The van der Waals surface area contributed by atoms with Gasteiger partial charge in [0.2, 0.25) is 5.91 Å². The normalized spacial score (nSPS) is 11.9. The van der Waals surface area contributed by atoms with Crippen molar-refractivity contribution < 1.29 is 13.6 Å². The molecule has 0 heterocycles. The predicted molar refractivity (Wildman–Crippen MR) is 73.1 cm³/mol. The first-order valence-corrected chi connectivity index (χ1v) is 6.11. The van der Waals surface area contributed by atoms with Crippen LogP contribution >= 0.6 is 0 Å². The number of carbonyl (C=O) groups is 1. The Labute approximate surface area is 115 Å². The molecule has 0 saturated heterocycles. The highest BCUT2D eigenvalue weighted by molar-refractivity contribution is 5.94. The second-order valence-electron chi connectivity index (χ2n) is 4.44. The summed E-state index contributed by atoms with van der Waals surface area (Å²) in [4.78, 5) is 11.9. The van der Waals surface area contributed by atoms with E-state index >= 15 is 0 Å². The standard InChI is InChI=1S/C15H14F2N2O/c16-11-7-12(17)9-13(8-11)19-15(20)14(18)6-10-4-2-1-3-5-10/h1-5,7-9,14H,6,18H2,(H,19,20). The number of anilines is 1. The minimum Gasteiger partial charge on any atom is -0.325 e. The third-order valence-corrected chi connectivity index (χ3v) is 2.77. The number of carbonyl (C=O) groups excluding carboxylic acids is 1. The molecule has 2 rings (SSSR count). The molecule has 0 spiro atoms. The van der Waals surface area contributed by atoms with Gasteiger partial charge in [0, 0.05) is 11.8 Å². The second kappa shape index (κ2) is 6.25. The minimum absolute atomic E-state index is 0.0519. The van der Waals surface area contributed by atoms with Gasteiger partial charge in [0.05, 0.1) is 6.04 Å². The summed E-state index contributed by atoms with van der Waals surface area (Å²) in [5, 5.41) is 2.40. The highest BCUT2D eigenvalue weighted by Gasteiger charge is 2.14. The molecular weight excluding hydrogens is 262 g/mol. The molecule has 0 radical (unpaired) electrons. The lowest BCUT2D eigenvalue weighted by molar-refractivity contribution is -0.117. The molecule has 0 aliphatic heterocycles. The first-order valence-electron chi connectivity index (χ1n) is 6.11. The lowest BCUT2D eigenvalue weighted by Gasteiger charge is -2.12. The zero-order chi connectivity index (χ0) is 14.5. The molecule has 0 fully saturated rings. The maximum atomic E-state index is 13.0. The smallest absolute Gasteiger partial charge is 0.241 e. The van der Waals surface area contributed by atoms with Crippen LogP contribution in [0.5, 0.6) is 0 Å². The molecule has 0 saturated carbocycles. The van der Waals surface area contributed by atoms with Crippen LogP contribution < -0.4 is 11.1 Å². The van der Waals surface area contributed by atoms with Gasteiger partial charge in [-0.15, -0.1) is 0 Å². The van der Waals surface area contributed by atoms with Gasteiger partial charge in [-0.1, -0.05) is 30.3 Å². The van der Waals surface area contributed by atoms with Gasteiger partial charge in [-0.05, 0) is 24.1 Å². The fraction of sp³-hybridized carbons (Fsp3) is 0.133. The van der Waals surface area contributed by atoms with Gasteiger partial charge < -0.3 is 11.1 Å². The van der Waals surface area contributed by atoms with Crippen molar-refractivity contribution in [3.05, 3.63) is 65.7 Å². The number of rotatable bonds is 4. The van der Waals surface area contributed by atoms with E-state index in [4.69, 9.17) is 5.73 Å². The number of nitrogens with one attached hydrogen (secondary N) is 1. The van der Waals surface area contributed by atoms with Gasteiger partial charge >= 0.3 is 0 Å². The van der Waals surface area contributed by atoms with Crippen molar-refractivity contribution >= 4 is 11.6 Å². The van der Waals surface area contributed by atoms with E-state index in [1.54, 1.807) is 0 Å². The third-order valence-electron chi connectivity index (χ3n) is 2.77. The molecule has 5 heteroatoms. The van der Waals surface area contributed by atoms with Gasteiger partial charge in [0.1, 0.15) is 11.6 Å². The molecule has 0 aromatic heterocycles. The Kier molecular flexibility index (Phi) is 4.42. The maximum absolute atomic E-state index is 13.0. The Morgan fingerprint density at radius 3 is 2.30 bits per heavy atom. The van der Waals surface area contributed by atoms with E-state index < -0.39 is 23.6 Å². The summed E-state index contributed by atoms with van der Waals surface area (Å²) in [7, 11) is 0. The average Bonchev–Trinajstić information content (AvgIpc) is 2.38. The molecule has 1 atom stereocenters. The van der Waals surface area contributed by atoms with Gasteiger partial charge in [-0.2, -0.15) is 0 Å². The van der Waals surface area contributed by atoms with Crippen molar-refractivity contribution in [2.75, 3.05) is 5.32 Å². The van der Waals surface area contributed by atoms with Crippen molar-refractivity contribution in [1.29, 1.82) is 0 Å². The van der Waals surface area contributed by atoms with Crippen LogP contribution in [0.1, 0.15) is 5.56 Å². The van der Waals surface area contributed by atoms with Gasteiger partial charge in [-0.3, -0.25) is 4.79 Å². The van der Waals surface area contributed by atoms with Crippen molar-refractivity contribution in [3.8, 4) is 0 Å². The van der Waals surface area contributed by atoms with Crippen LogP contribution in [0, 0.1) is 11.6 Å². The first kappa shape index (κ1) is 14.1. The second-order valence-corrected chi connectivity index (χ2v) is 4.44. The molecular formula is C15H14F2N2O. The quantitative estimate of drug-likeness (QED) is 0.901. The molecule has 0 aliphatic rings. The lowest BCUT2D eigenvalue weighted by atomic mass is 10.1. The van der Waals surface area contributed by atoms with E-state index in [0.717, 1.165) is 23.8 Å². The summed E-state index contributed by atoms with van der Waals surface area (Å²) >= 11 is 0. The number of hydrogen-bond donors (Lipinski definition) is 2. The fourth-order valence-electron chi connectivity index (χ4n) is 1.82. The number of hydrogen-bond acceptors (Lipinski definition) is 2. The van der Waals surface area contributed by atoms with E-state index in [2.05, 4.69) is 5.32 Å². The SMILES string of the molecule is NC(Cc1ccccc1)C(=O)Nc1cc(F)cc(F)c1. The minimum atomic E-state index is -0.788. The summed E-state index contributed by atoms with van der Waals surface area (Å²) in [5.74, 6) is -1.99. The van der Waals surface area contributed by atoms with Crippen LogP contribution in [0.25, 0.3) is 0 Å². The Morgan fingerprint density at radius 1 is 1.10 bits per heavy atom. The van der Waals surface area contributed by atoms with E-state index in [1.165, 1.54) is 0 Å². The number of amides is 1. The van der Waals surface area contributed by atoms with Crippen LogP contribution in [0.2, 0.25) is 0 Å².